The van der Waals surface area contributed by atoms with Gasteiger partial charge in [0, 0.05) is 13.1 Å². The average molecular weight is 327 g/mol. The molecule has 1 aliphatic heterocycles. The summed E-state index contributed by atoms with van der Waals surface area (Å²) < 4.78 is 26.9. The van der Waals surface area contributed by atoms with Crippen molar-refractivity contribution in [3.8, 4) is 0 Å². The molecule has 2 aliphatic rings. The molecule has 1 spiro atoms. The van der Waals surface area contributed by atoms with E-state index in [1.807, 2.05) is 25.1 Å². The Balaban J connectivity index is 1.41. The molecule has 1 saturated heterocycles. The van der Waals surface area contributed by atoms with Crippen molar-refractivity contribution in [1.29, 1.82) is 0 Å². The summed E-state index contributed by atoms with van der Waals surface area (Å²) >= 11 is 0. The summed E-state index contributed by atoms with van der Waals surface area (Å²) in [5.74, 6) is 0.598. The lowest BCUT2D eigenvalue weighted by Gasteiger charge is -2.58. The highest BCUT2D eigenvalue weighted by atomic mass is 32.2. The van der Waals surface area contributed by atoms with E-state index in [4.69, 9.17) is 0 Å². The zero-order valence-electron chi connectivity index (χ0n) is 13.3. The second-order valence-corrected chi connectivity index (χ2v) is 9.04. The van der Waals surface area contributed by atoms with Crippen molar-refractivity contribution in [3.05, 3.63) is 65.7 Å². The van der Waals surface area contributed by atoms with Crippen LogP contribution >= 0.6 is 0 Å². The van der Waals surface area contributed by atoms with Crippen molar-refractivity contribution in [2.24, 2.45) is 5.41 Å². The zero-order valence-corrected chi connectivity index (χ0v) is 14.1. The van der Waals surface area contributed by atoms with Crippen molar-refractivity contribution in [2.45, 2.75) is 30.6 Å². The van der Waals surface area contributed by atoms with Gasteiger partial charge in [0.2, 0.25) is 10.0 Å². The van der Waals surface area contributed by atoms with Crippen molar-refractivity contribution in [3.63, 3.8) is 0 Å². The molecule has 4 rings (SSSR count). The Hall–Kier alpha value is -1.65. The molecule has 23 heavy (non-hydrogen) atoms. The van der Waals surface area contributed by atoms with Crippen LogP contribution in [0.25, 0.3) is 0 Å². The highest BCUT2D eigenvalue weighted by Crippen LogP contribution is 2.56. The predicted molar refractivity (Wildman–Crippen MR) is 90.8 cm³/mol. The Labute approximate surface area is 138 Å². The van der Waals surface area contributed by atoms with Crippen LogP contribution in [0.3, 0.4) is 0 Å². The Bertz CT molecular complexity index is 798. The van der Waals surface area contributed by atoms with E-state index in [1.54, 1.807) is 16.4 Å². The summed E-state index contributed by atoms with van der Waals surface area (Å²) in [4.78, 5) is 0.414. The lowest BCUT2D eigenvalue weighted by atomic mass is 9.57. The maximum atomic E-state index is 12.6. The van der Waals surface area contributed by atoms with Gasteiger partial charge in [-0.1, -0.05) is 48.0 Å². The Morgan fingerprint density at radius 3 is 2.17 bits per heavy atom. The second kappa shape index (κ2) is 5.18. The minimum atomic E-state index is -3.32. The highest BCUT2D eigenvalue weighted by molar-refractivity contribution is 7.89. The van der Waals surface area contributed by atoms with Gasteiger partial charge in [0.05, 0.1) is 4.90 Å². The van der Waals surface area contributed by atoms with Gasteiger partial charge in [-0.05, 0) is 48.8 Å². The summed E-state index contributed by atoms with van der Waals surface area (Å²) in [6, 6.07) is 17.7. The molecule has 1 saturated carbocycles. The van der Waals surface area contributed by atoms with Gasteiger partial charge in [0.15, 0.2) is 0 Å². The Kier molecular flexibility index (Phi) is 3.36. The predicted octanol–water partition coefficient (Wildman–Crippen LogP) is 3.56. The van der Waals surface area contributed by atoms with Crippen LogP contribution in [0.1, 0.15) is 29.9 Å². The third-order valence-electron chi connectivity index (χ3n) is 5.31. The quantitative estimate of drug-likeness (QED) is 0.864. The van der Waals surface area contributed by atoms with Gasteiger partial charge in [0.25, 0.3) is 0 Å². The number of aryl methyl sites for hydroxylation is 1. The summed E-state index contributed by atoms with van der Waals surface area (Å²) in [5.41, 5.74) is 2.69. The van der Waals surface area contributed by atoms with Crippen LogP contribution in [0.5, 0.6) is 0 Å². The molecule has 2 aromatic rings. The monoisotopic (exact) mass is 327 g/mol. The second-order valence-electron chi connectivity index (χ2n) is 7.10. The van der Waals surface area contributed by atoms with Crippen molar-refractivity contribution in [2.75, 3.05) is 13.1 Å². The van der Waals surface area contributed by atoms with Gasteiger partial charge in [-0.2, -0.15) is 4.31 Å². The van der Waals surface area contributed by atoms with Gasteiger partial charge in [-0.25, -0.2) is 8.42 Å². The topological polar surface area (TPSA) is 37.4 Å². The molecule has 0 bridgehead atoms. The van der Waals surface area contributed by atoms with Gasteiger partial charge < -0.3 is 0 Å². The van der Waals surface area contributed by atoms with Crippen LogP contribution in [-0.2, 0) is 10.0 Å². The third-order valence-corrected chi connectivity index (χ3v) is 7.12. The summed E-state index contributed by atoms with van der Waals surface area (Å²) in [5, 5.41) is 0. The van der Waals surface area contributed by atoms with E-state index in [2.05, 4.69) is 24.3 Å². The zero-order chi connectivity index (χ0) is 16.1. The molecule has 120 valence electrons. The first-order valence-corrected chi connectivity index (χ1v) is 9.54. The highest BCUT2D eigenvalue weighted by Gasteiger charge is 2.55. The van der Waals surface area contributed by atoms with Gasteiger partial charge in [0.1, 0.15) is 0 Å². The normalized spacial score (nSPS) is 20.9. The summed E-state index contributed by atoms with van der Waals surface area (Å²) in [6.45, 7) is 3.31. The van der Waals surface area contributed by atoms with E-state index in [-0.39, 0.29) is 5.41 Å². The molecule has 1 heterocycles. The first kappa shape index (κ1) is 14.9. The van der Waals surface area contributed by atoms with E-state index in [0.29, 0.717) is 23.9 Å². The van der Waals surface area contributed by atoms with E-state index in [0.717, 1.165) is 18.4 Å². The maximum absolute atomic E-state index is 12.6. The number of sulfonamides is 1. The van der Waals surface area contributed by atoms with Crippen molar-refractivity contribution >= 4 is 10.0 Å². The first-order chi connectivity index (χ1) is 11.0. The van der Waals surface area contributed by atoms with E-state index >= 15 is 0 Å². The molecule has 0 unspecified atom stereocenters. The minimum Gasteiger partial charge on any atom is -0.207 e. The number of hydrogen-bond donors (Lipinski definition) is 0. The molecule has 2 aromatic carbocycles. The van der Waals surface area contributed by atoms with Crippen LogP contribution in [-0.4, -0.2) is 25.8 Å². The smallest absolute Gasteiger partial charge is 0.207 e. The molecule has 1 aliphatic carbocycles. The van der Waals surface area contributed by atoms with E-state index in [1.165, 1.54) is 5.56 Å². The fraction of sp³-hybridized carbons (Fsp3) is 0.368. The van der Waals surface area contributed by atoms with Crippen molar-refractivity contribution in [1.82, 2.24) is 4.31 Å². The van der Waals surface area contributed by atoms with Crippen LogP contribution in [0.4, 0.5) is 0 Å². The summed E-state index contributed by atoms with van der Waals surface area (Å²) in [7, 11) is -3.32. The summed E-state index contributed by atoms with van der Waals surface area (Å²) in [6.07, 6.45) is 2.22. The van der Waals surface area contributed by atoms with Crippen LogP contribution in [0.2, 0.25) is 0 Å². The minimum absolute atomic E-state index is 0.221. The molecule has 0 atom stereocenters. The number of hydrogen-bond acceptors (Lipinski definition) is 2. The van der Waals surface area contributed by atoms with Gasteiger partial charge >= 0.3 is 0 Å². The molecule has 2 fully saturated rings. The molecular weight excluding hydrogens is 306 g/mol. The molecular formula is C19H21NO2S. The number of nitrogens with zero attached hydrogens (tertiary/aromatic N) is 1. The lowest BCUT2D eigenvalue weighted by molar-refractivity contribution is -0.0255. The van der Waals surface area contributed by atoms with Crippen molar-refractivity contribution < 1.29 is 8.42 Å². The van der Waals surface area contributed by atoms with Crippen LogP contribution < -0.4 is 0 Å². The average Bonchev–Trinajstić information content (AvgIpc) is 2.46. The van der Waals surface area contributed by atoms with Gasteiger partial charge in [-0.3, -0.25) is 0 Å². The molecule has 0 N–H and O–H groups in total. The molecule has 0 radical (unpaired) electrons. The number of benzene rings is 2. The number of rotatable bonds is 3. The van der Waals surface area contributed by atoms with Crippen LogP contribution in [0.15, 0.2) is 59.5 Å². The third kappa shape index (κ3) is 2.50. The molecule has 0 amide bonds. The van der Waals surface area contributed by atoms with E-state index in [9.17, 15) is 8.42 Å². The lowest BCUT2D eigenvalue weighted by Crippen LogP contribution is -2.62. The van der Waals surface area contributed by atoms with Crippen LogP contribution in [0, 0.1) is 12.3 Å². The SMILES string of the molecule is Cc1ccc(S(=O)(=O)N2CC3(CC(c4ccccc4)C3)C2)cc1. The largest absolute Gasteiger partial charge is 0.243 e. The van der Waals surface area contributed by atoms with Gasteiger partial charge in [-0.15, -0.1) is 0 Å². The maximum Gasteiger partial charge on any atom is 0.243 e. The molecule has 4 heteroatoms. The molecule has 3 nitrogen and oxygen atoms in total. The fourth-order valence-corrected chi connectivity index (χ4v) is 5.60. The fourth-order valence-electron chi connectivity index (χ4n) is 3.94. The standard InChI is InChI=1S/C19H21NO2S/c1-15-7-9-18(10-8-15)23(21,22)20-13-19(14-20)11-17(12-19)16-5-3-2-4-6-16/h2-10,17H,11-14H2,1H3. The first-order valence-electron chi connectivity index (χ1n) is 8.10. The molecule has 0 aromatic heterocycles. The Morgan fingerprint density at radius 1 is 0.957 bits per heavy atom. The van der Waals surface area contributed by atoms with E-state index < -0.39 is 10.0 Å². The Morgan fingerprint density at radius 2 is 1.57 bits per heavy atom.